The zero-order chi connectivity index (χ0) is 17.9. The Morgan fingerprint density at radius 1 is 1.23 bits per heavy atom. The van der Waals surface area contributed by atoms with Crippen LogP contribution in [0.15, 0.2) is 52.1 Å². The summed E-state index contributed by atoms with van der Waals surface area (Å²) in [6.07, 6.45) is 4.54. The van der Waals surface area contributed by atoms with Crippen LogP contribution in [0.5, 0.6) is 5.88 Å². The predicted octanol–water partition coefficient (Wildman–Crippen LogP) is 1.45. The van der Waals surface area contributed by atoms with Crippen LogP contribution in [-0.2, 0) is 11.3 Å². The van der Waals surface area contributed by atoms with Crippen LogP contribution in [0.3, 0.4) is 0 Å². The fourth-order valence-electron chi connectivity index (χ4n) is 3.14. The van der Waals surface area contributed by atoms with E-state index in [9.17, 15) is 9.59 Å². The average molecular weight is 354 g/mol. The molecule has 0 N–H and O–H groups in total. The molecule has 26 heavy (non-hydrogen) atoms. The minimum Gasteiger partial charge on any atom is -0.474 e. The lowest BCUT2D eigenvalue weighted by molar-refractivity contribution is -0.133. The van der Waals surface area contributed by atoms with Crippen molar-refractivity contribution in [2.24, 2.45) is 0 Å². The SMILES string of the molecule is O=C(Cn1c(=O)oc2ccccc21)N1CCC(Oc2ccncn2)CC1. The molecular formula is C18H18N4O4. The lowest BCUT2D eigenvalue weighted by atomic mass is 10.1. The standard InChI is InChI=1S/C18H18N4O4/c23-17(11-22-14-3-1-2-4-15(14)26-18(22)24)21-9-6-13(7-10-21)25-16-5-8-19-12-20-16/h1-5,8,12-13H,6-7,9-11H2. The monoisotopic (exact) mass is 354 g/mol. The quantitative estimate of drug-likeness (QED) is 0.704. The fraction of sp³-hybridized carbons (Fsp3) is 0.333. The number of aromatic nitrogens is 3. The van der Waals surface area contributed by atoms with E-state index in [0.29, 0.717) is 30.1 Å². The molecule has 134 valence electrons. The number of amides is 1. The van der Waals surface area contributed by atoms with Gasteiger partial charge in [0.2, 0.25) is 11.8 Å². The van der Waals surface area contributed by atoms with E-state index in [0.717, 1.165) is 12.8 Å². The number of carbonyl (C=O) groups is 1. The van der Waals surface area contributed by atoms with Gasteiger partial charge >= 0.3 is 5.76 Å². The van der Waals surface area contributed by atoms with E-state index >= 15 is 0 Å². The van der Waals surface area contributed by atoms with Gasteiger partial charge in [-0.1, -0.05) is 12.1 Å². The molecule has 0 saturated carbocycles. The van der Waals surface area contributed by atoms with E-state index in [2.05, 4.69) is 9.97 Å². The van der Waals surface area contributed by atoms with Gasteiger partial charge in [-0.05, 0) is 12.1 Å². The summed E-state index contributed by atoms with van der Waals surface area (Å²) in [5.74, 6) is -0.0677. The van der Waals surface area contributed by atoms with Crippen LogP contribution in [0.2, 0.25) is 0 Å². The molecule has 8 nitrogen and oxygen atoms in total. The third-order valence-corrected chi connectivity index (χ3v) is 4.50. The minimum absolute atomic E-state index is 0.0198. The molecule has 1 saturated heterocycles. The van der Waals surface area contributed by atoms with Crippen molar-refractivity contribution in [2.45, 2.75) is 25.5 Å². The Kier molecular flexibility index (Phi) is 4.39. The minimum atomic E-state index is -0.512. The number of benzene rings is 1. The Morgan fingerprint density at radius 2 is 2.04 bits per heavy atom. The van der Waals surface area contributed by atoms with Crippen molar-refractivity contribution in [3.8, 4) is 5.88 Å². The molecule has 2 aromatic heterocycles. The molecule has 0 aliphatic carbocycles. The number of para-hydroxylation sites is 2. The molecular weight excluding hydrogens is 336 g/mol. The highest BCUT2D eigenvalue weighted by Crippen LogP contribution is 2.17. The second kappa shape index (κ2) is 6.99. The smallest absolute Gasteiger partial charge is 0.420 e. The molecule has 3 heterocycles. The largest absolute Gasteiger partial charge is 0.474 e. The van der Waals surface area contributed by atoms with E-state index in [1.165, 1.54) is 10.9 Å². The van der Waals surface area contributed by atoms with E-state index in [-0.39, 0.29) is 18.6 Å². The van der Waals surface area contributed by atoms with Crippen molar-refractivity contribution >= 4 is 17.0 Å². The molecule has 0 spiro atoms. The number of hydrogen-bond acceptors (Lipinski definition) is 6. The number of nitrogens with zero attached hydrogens (tertiary/aromatic N) is 4. The summed E-state index contributed by atoms with van der Waals surface area (Å²) in [6, 6.07) is 8.81. The van der Waals surface area contributed by atoms with Gasteiger partial charge in [-0.3, -0.25) is 9.36 Å². The number of likely N-dealkylation sites (tertiary alicyclic amines) is 1. The normalized spacial score (nSPS) is 15.3. The topological polar surface area (TPSA) is 90.5 Å². The maximum absolute atomic E-state index is 12.6. The Morgan fingerprint density at radius 3 is 2.81 bits per heavy atom. The number of fused-ring (bicyclic) bond motifs is 1. The second-order valence-electron chi connectivity index (χ2n) is 6.17. The highest BCUT2D eigenvalue weighted by Gasteiger charge is 2.25. The summed E-state index contributed by atoms with van der Waals surface area (Å²) >= 11 is 0. The van der Waals surface area contributed by atoms with Gasteiger partial charge in [0.05, 0.1) is 5.52 Å². The number of hydrogen-bond donors (Lipinski definition) is 0. The van der Waals surface area contributed by atoms with Crippen molar-refractivity contribution in [2.75, 3.05) is 13.1 Å². The van der Waals surface area contributed by atoms with Gasteiger partial charge < -0.3 is 14.1 Å². The van der Waals surface area contributed by atoms with Crippen molar-refractivity contribution in [1.29, 1.82) is 0 Å². The molecule has 0 atom stereocenters. The average Bonchev–Trinajstić information content (AvgIpc) is 2.98. The van der Waals surface area contributed by atoms with Crippen LogP contribution >= 0.6 is 0 Å². The fourth-order valence-corrected chi connectivity index (χ4v) is 3.14. The molecule has 3 aromatic rings. The first-order chi connectivity index (χ1) is 12.7. The van der Waals surface area contributed by atoms with Crippen molar-refractivity contribution in [3.63, 3.8) is 0 Å². The van der Waals surface area contributed by atoms with Crippen LogP contribution in [0, 0.1) is 0 Å². The van der Waals surface area contributed by atoms with Gasteiger partial charge in [-0.2, -0.15) is 0 Å². The molecule has 1 aromatic carbocycles. The van der Waals surface area contributed by atoms with Crippen LogP contribution in [-0.4, -0.2) is 44.5 Å². The highest BCUT2D eigenvalue weighted by atomic mass is 16.5. The van der Waals surface area contributed by atoms with E-state index < -0.39 is 5.76 Å². The van der Waals surface area contributed by atoms with Crippen LogP contribution in [0.25, 0.3) is 11.1 Å². The molecule has 1 amide bonds. The van der Waals surface area contributed by atoms with Gasteiger partial charge in [0.25, 0.3) is 0 Å². The van der Waals surface area contributed by atoms with E-state index in [1.807, 2.05) is 6.07 Å². The molecule has 0 unspecified atom stereocenters. The predicted molar refractivity (Wildman–Crippen MR) is 92.7 cm³/mol. The van der Waals surface area contributed by atoms with Crippen molar-refractivity contribution in [1.82, 2.24) is 19.4 Å². The Hall–Kier alpha value is -3.16. The summed E-state index contributed by atoms with van der Waals surface area (Å²) < 4.78 is 12.4. The first-order valence-electron chi connectivity index (χ1n) is 8.49. The molecule has 1 aliphatic heterocycles. The Balaban J connectivity index is 1.38. The third-order valence-electron chi connectivity index (χ3n) is 4.50. The summed E-state index contributed by atoms with van der Waals surface area (Å²) in [5.41, 5.74) is 1.12. The summed E-state index contributed by atoms with van der Waals surface area (Å²) in [5, 5.41) is 0. The van der Waals surface area contributed by atoms with Gasteiger partial charge in [-0.25, -0.2) is 14.8 Å². The Bertz CT molecular complexity index is 958. The summed E-state index contributed by atoms with van der Waals surface area (Å²) in [6.45, 7) is 1.14. The van der Waals surface area contributed by atoms with Crippen LogP contribution < -0.4 is 10.5 Å². The molecule has 4 rings (SSSR count). The lowest BCUT2D eigenvalue weighted by Gasteiger charge is -2.31. The first kappa shape index (κ1) is 16.3. The first-order valence-corrected chi connectivity index (χ1v) is 8.49. The maximum atomic E-state index is 12.6. The summed E-state index contributed by atoms with van der Waals surface area (Å²) in [4.78, 5) is 34.3. The lowest BCUT2D eigenvalue weighted by Crippen LogP contribution is -2.43. The number of rotatable bonds is 4. The third kappa shape index (κ3) is 3.30. The van der Waals surface area contributed by atoms with Crippen LogP contribution in [0.1, 0.15) is 12.8 Å². The molecule has 0 bridgehead atoms. The summed E-state index contributed by atoms with van der Waals surface area (Å²) in [7, 11) is 0. The maximum Gasteiger partial charge on any atom is 0.420 e. The van der Waals surface area contributed by atoms with Crippen molar-refractivity contribution < 1.29 is 13.9 Å². The van der Waals surface area contributed by atoms with E-state index in [4.69, 9.17) is 9.15 Å². The molecule has 1 aliphatic rings. The number of ether oxygens (including phenoxy) is 1. The van der Waals surface area contributed by atoms with Gasteiger partial charge in [0.15, 0.2) is 5.58 Å². The van der Waals surface area contributed by atoms with E-state index in [1.54, 1.807) is 35.4 Å². The second-order valence-corrected chi connectivity index (χ2v) is 6.17. The van der Waals surface area contributed by atoms with Crippen molar-refractivity contribution in [3.05, 3.63) is 53.4 Å². The number of oxazole rings is 1. The Labute approximate surface area is 149 Å². The zero-order valence-corrected chi connectivity index (χ0v) is 14.1. The zero-order valence-electron chi connectivity index (χ0n) is 14.1. The highest BCUT2D eigenvalue weighted by molar-refractivity contribution is 5.79. The van der Waals surface area contributed by atoms with Crippen LogP contribution in [0.4, 0.5) is 0 Å². The molecule has 0 radical (unpaired) electrons. The number of piperidine rings is 1. The van der Waals surface area contributed by atoms with Gasteiger partial charge in [0.1, 0.15) is 19.0 Å². The molecule has 8 heteroatoms. The van der Waals surface area contributed by atoms with Gasteiger partial charge in [0, 0.05) is 38.2 Å². The van der Waals surface area contributed by atoms with Gasteiger partial charge in [-0.15, -0.1) is 0 Å². The number of carbonyl (C=O) groups excluding carboxylic acids is 1. The molecule has 1 fully saturated rings.